The average molecular weight is 422 g/mol. The number of amides is 1. The molecule has 0 aliphatic heterocycles. The van der Waals surface area contributed by atoms with Crippen LogP contribution in [0.5, 0.6) is 5.75 Å². The summed E-state index contributed by atoms with van der Waals surface area (Å²) in [5.74, 6) is 0.269. The molecule has 0 fully saturated rings. The number of aldehydes is 1. The van der Waals surface area contributed by atoms with Gasteiger partial charge < -0.3 is 14.6 Å². The summed E-state index contributed by atoms with van der Waals surface area (Å²) in [6, 6.07) is 10.6. The summed E-state index contributed by atoms with van der Waals surface area (Å²) < 4.78 is 7.83. The second kappa shape index (κ2) is 7.29. The summed E-state index contributed by atoms with van der Waals surface area (Å²) in [6.45, 7) is 0.0572. The number of halogens is 2. The summed E-state index contributed by atoms with van der Waals surface area (Å²) in [5, 5.41) is 4.07. The molecule has 1 heterocycles. The van der Waals surface area contributed by atoms with Gasteiger partial charge in [0.2, 0.25) is 5.91 Å². The van der Waals surface area contributed by atoms with E-state index in [-0.39, 0.29) is 12.5 Å². The minimum atomic E-state index is -0.252. The Labute approximate surface area is 157 Å². The Morgan fingerprint density at radius 3 is 2.84 bits per heavy atom. The third-order valence-corrected chi connectivity index (χ3v) is 4.48. The maximum Gasteiger partial charge on any atom is 0.244 e. The quantitative estimate of drug-likeness (QED) is 0.616. The third kappa shape index (κ3) is 3.70. The first-order valence-electron chi connectivity index (χ1n) is 7.39. The normalized spacial score (nSPS) is 10.7. The van der Waals surface area contributed by atoms with Crippen LogP contribution >= 0.6 is 27.5 Å². The number of nitrogens with one attached hydrogen (secondary N) is 1. The van der Waals surface area contributed by atoms with Gasteiger partial charge in [0.1, 0.15) is 12.3 Å². The average Bonchev–Trinajstić information content (AvgIpc) is 2.91. The maximum absolute atomic E-state index is 12.4. The fourth-order valence-electron chi connectivity index (χ4n) is 2.64. The van der Waals surface area contributed by atoms with Crippen molar-refractivity contribution in [3.05, 3.63) is 57.7 Å². The minimum Gasteiger partial charge on any atom is -0.495 e. The number of fused-ring (bicyclic) bond motifs is 1. The minimum absolute atomic E-state index is 0.0572. The van der Waals surface area contributed by atoms with Gasteiger partial charge in [0.05, 0.1) is 12.8 Å². The van der Waals surface area contributed by atoms with Gasteiger partial charge in [-0.05, 0) is 36.4 Å². The number of nitrogens with zero attached hydrogens (tertiary/aromatic N) is 1. The highest BCUT2D eigenvalue weighted by molar-refractivity contribution is 9.10. The van der Waals surface area contributed by atoms with Crippen molar-refractivity contribution in [2.45, 2.75) is 6.54 Å². The van der Waals surface area contributed by atoms with Crippen LogP contribution in [0.4, 0.5) is 5.69 Å². The zero-order valence-electron chi connectivity index (χ0n) is 13.3. The first kappa shape index (κ1) is 17.5. The Morgan fingerprint density at radius 1 is 1.32 bits per heavy atom. The van der Waals surface area contributed by atoms with Crippen molar-refractivity contribution < 1.29 is 14.3 Å². The van der Waals surface area contributed by atoms with Crippen LogP contribution in [0.15, 0.2) is 47.1 Å². The van der Waals surface area contributed by atoms with E-state index in [1.165, 1.54) is 7.11 Å². The van der Waals surface area contributed by atoms with Crippen LogP contribution in [0.1, 0.15) is 10.4 Å². The smallest absolute Gasteiger partial charge is 0.244 e. The molecule has 0 unspecified atom stereocenters. The molecule has 1 amide bonds. The summed E-state index contributed by atoms with van der Waals surface area (Å²) in [5.41, 5.74) is 1.83. The highest BCUT2D eigenvalue weighted by atomic mass is 79.9. The summed E-state index contributed by atoms with van der Waals surface area (Å²) in [7, 11) is 1.52. The number of hydrogen-bond donors (Lipinski definition) is 1. The maximum atomic E-state index is 12.4. The van der Waals surface area contributed by atoms with Crippen LogP contribution in [0.25, 0.3) is 10.9 Å². The van der Waals surface area contributed by atoms with Crippen molar-refractivity contribution in [2.24, 2.45) is 0 Å². The van der Waals surface area contributed by atoms with Gasteiger partial charge in [-0.2, -0.15) is 0 Å². The number of carbonyl (C=O) groups excluding carboxylic acids is 2. The molecule has 3 rings (SSSR count). The number of ether oxygens (including phenoxy) is 1. The molecular formula is C18H14BrClN2O3. The van der Waals surface area contributed by atoms with E-state index in [0.29, 0.717) is 22.0 Å². The number of methoxy groups -OCH3 is 1. The van der Waals surface area contributed by atoms with Crippen molar-refractivity contribution in [1.82, 2.24) is 4.57 Å². The Morgan fingerprint density at radius 2 is 2.12 bits per heavy atom. The fraction of sp³-hybridized carbons (Fsp3) is 0.111. The third-order valence-electron chi connectivity index (χ3n) is 3.75. The van der Waals surface area contributed by atoms with E-state index in [1.54, 1.807) is 29.0 Å². The number of aromatic nitrogens is 1. The predicted octanol–water partition coefficient (Wildman–Crippen LogP) is 4.52. The van der Waals surface area contributed by atoms with Crippen molar-refractivity contribution in [2.75, 3.05) is 12.4 Å². The standard InChI is InChI=1S/C18H14BrClN2O3/c1-25-17-5-3-13(20)7-15(17)21-18(24)9-22-8-11(10-23)14-6-12(19)2-4-16(14)22/h2-8,10H,9H2,1H3,(H,21,24). The molecule has 2 aromatic carbocycles. The molecule has 5 nitrogen and oxygen atoms in total. The molecule has 1 N–H and O–H groups in total. The van der Waals surface area contributed by atoms with Crippen LogP contribution in [0.2, 0.25) is 5.02 Å². The van der Waals surface area contributed by atoms with E-state index in [2.05, 4.69) is 21.2 Å². The topological polar surface area (TPSA) is 60.3 Å². The molecule has 128 valence electrons. The molecule has 0 atom stereocenters. The highest BCUT2D eigenvalue weighted by Crippen LogP contribution is 2.28. The lowest BCUT2D eigenvalue weighted by atomic mass is 10.2. The van der Waals surface area contributed by atoms with E-state index >= 15 is 0 Å². The molecule has 7 heteroatoms. The zero-order valence-corrected chi connectivity index (χ0v) is 15.6. The molecule has 0 aliphatic carbocycles. The van der Waals surface area contributed by atoms with Crippen LogP contribution < -0.4 is 10.1 Å². The number of rotatable bonds is 5. The van der Waals surface area contributed by atoms with Crippen molar-refractivity contribution in [3.8, 4) is 5.75 Å². The molecule has 1 aromatic heterocycles. The Kier molecular flexibility index (Phi) is 5.11. The molecule has 0 saturated heterocycles. The predicted molar refractivity (Wildman–Crippen MR) is 102 cm³/mol. The summed E-state index contributed by atoms with van der Waals surface area (Å²) in [6.07, 6.45) is 2.45. The summed E-state index contributed by atoms with van der Waals surface area (Å²) in [4.78, 5) is 23.7. The zero-order chi connectivity index (χ0) is 18.0. The van der Waals surface area contributed by atoms with Crippen molar-refractivity contribution >= 4 is 56.3 Å². The Balaban J connectivity index is 1.88. The van der Waals surface area contributed by atoms with Crippen molar-refractivity contribution in [3.63, 3.8) is 0 Å². The van der Waals surface area contributed by atoms with Crippen LogP contribution in [0, 0.1) is 0 Å². The Bertz CT molecular complexity index is 968. The van der Waals surface area contributed by atoms with Crippen LogP contribution in [-0.2, 0) is 11.3 Å². The van der Waals surface area contributed by atoms with Gasteiger partial charge in [0.15, 0.2) is 6.29 Å². The van der Waals surface area contributed by atoms with E-state index in [1.807, 2.05) is 18.2 Å². The lowest BCUT2D eigenvalue weighted by molar-refractivity contribution is -0.116. The van der Waals surface area contributed by atoms with Gasteiger partial charge in [-0.25, -0.2) is 0 Å². The molecule has 25 heavy (non-hydrogen) atoms. The Hall–Kier alpha value is -2.31. The SMILES string of the molecule is COc1ccc(Cl)cc1NC(=O)Cn1cc(C=O)c2cc(Br)ccc21. The van der Waals surface area contributed by atoms with Crippen LogP contribution in [-0.4, -0.2) is 23.9 Å². The van der Waals surface area contributed by atoms with E-state index in [9.17, 15) is 9.59 Å². The van der Waals surface area contributed by atoms with Gasteiger partial charge in [0, 0.05) is 32.2 Å². The van der Waals surface area contributed by atoms with Gasteiger partial charge >= 0.3 is 0 Å². The second-order valence-corrected chi connectivity index (χ2v) is 6.74. The molecule has 0 radical (unpaired) electrons. The number of benzene rings is 2. The molecule has 0 bridgehead atoms. The summed E-state index contributed by atoms with van der Waals surface area (Å²) >= 11 is 9.37. The molecular weight excluding hydrogens is 408 g/mol. The van der Waals surface area contributed by atoms with Crippen LogP contribution in [0.3, 0.4) is 0 Å². The van der Waals surface area contributed by atoms with Crippen molar-refractivity contribution in [1.29, 1.82) is 0 Å². The second-order valence-electron chi connectivity index (χ2n) is 5.38. The first-order chi connectivity index (χ1) is 12.0. The number of anilines is 1. The lowest BCUT2D eigenvalue weighted by Crippen LogP contribution is -2.18. The largest absolute Gasteiger partial charge is 0.495 e. The number of carbonyl (C=O) groups is 2. The van der Waals surface area contributed by atoms with Gasteiger partial charge in [-0.15, -0.1) is 0 Å². The van der Waals surface area contributed by atoms with E-state index in [4.69, 9.17) is 16.3 Å². The van der Waals surface area contributed by atoms with E-state index < -0.39 is 0 Å². The monoisotopic (exact) mass is 420 g/mol. The fourth-order valence-corrected chi connectivity index (χ4v) is 3.18. The van der Waals surface area contributed by atoms with Gasteiger partial charge in [-0.3, -0.25) is 9.59 Å². The van der Waals surface area contributed by atoms with Gasteiger partial charge in [0.25, 0.3) is 0 Å². The van der Waals surface area contributed by atoms with E-state index in [0.717, 1.165) is 21.7 Å². The number of hydrogen-bond acceptors (Lipinski definition) is 3. The lowest BCUT2D eigenvalue weighted by Gasteiger charge is -2.11. The molecule has 0 saturated carbocycles. The molecule has 3 aromatic rings. The molecule has 0 aliphatic rings. The highest BCUT2D eigenvalue weighted by Gasteiger charge is 2.13. The van der Waals surface area contributed by atoms with Gasteiger partial charge in [-0.1, -0.05) is 27.5 Å². The first-order valence-corrected chi connectivity index (χ1v) is 8.56. The molecule has 0 spiro atoms.